The minimum Gasteiger partial charge on any atom is -0.481 e. The highest BCUT2D eigenvalue weighted by Gasteiger charge is 2.25. The quantitative estimate of drug-likeness (QED) is 0.410. The Labute approximate surface area is 170 Å². The van der Waals surface area contributed by atoms with Crippen LogP contribution in [0.25, 0.3) is 0 Å². The summed E-state index contributed by atoms with van der Waals surface area (Å²) in [6, 6.07) is 10.4. The molecule has 1 fully saturated rings. The van der Waals surface area contributed by atoms with Gasteiger partial charge in [-0.25, -0.2) is 0 Å². The van der Waals surface area contributed by atoms with Crippen molar-refractivity contribution < 1.29 is 14.7 Å². The van der Waals surface area contributed by atoms with Crippen LogP contribution in [0.5, 0.6) is 0 Å². The SMILES string of the molecule is CCc1ccccc1C(=NOCCN1CCCC(C(=O)O)C1)c1sccc1C. The molecule has 0 bridgehead atoms. The number of aryl methyl sites for hydroxylation is 2. The van der Waals surface area contributed by atoms with Gasteiger partial charge in [-0.1, -0.05) is 36.3 Å². The summed E-state index contributed by atoms with van der Waals surface area (Å²) in [7, 11) is 0. The lowest BCUT2D eigenvalue weighted by Crippen LogP contribution is -2.40. The van der Waals surface area contributed by atoms with E-state index in [4.69, 9.17) is 4.84 Å². The van der Waals surface area contributed by atoms with E-state index in [-0.39, 0.29) is 5.92 Å². The number of benzene rings is 1. The Bertz CT molecular complexity index is 831. The predicted molar refractivity (Wildman–Crippen MR) is 113 cm³/mol. The molecule has 6 heteroatoms. The van der Waals surface area contributed by atoms with Gasteiger partial charge in [0.05, 0.1) is 10.8 Å². The number of likely N-dealkylation sites (tertiary alicyclic amines) is 1. The van der Waals surface area contributed by atoms with Gasteiger partial charge in [-0.05, 0) is 55.3 Å². The maximum atomic E-state index is 11.2. The predicted octanol–water partition coefficient (Wildman–Crippen LogP) is 4.18. The van der Waals surface area contributed by atoms with Crippen molar-refractivity contribution in [3.8, 4) is 0 Å². The molecule has 1 saturated heterocycles. The first-order chi connectivity index (χ1) is 13.6. The lowest BCUT2D eigenvalue weighted by atomic mass is 9.98. The number of carboxylic acid groups (broad SMARTS) is 1. The Hall–Kier alpha value is -2.18. The van der Waals surface area contributed by atoms with Crippen molar-refractivity contribution in [2.45, 2.75) is 33.1 Å². The molecule has 0 spiro atoms. The molecule has 1 N–H and O–H groups in total. The molecule has 0 radical (unpaired) electrons. The number of oxime groups is 1. The summed E-state index contributed by atoms with van der Waals surface area (Å²) in [6.45, 7) is 6.90. The van der Waals surface area contributed by atoms with Crippen LogP contribution in [-0.2, 0) is 16.1 Å². The van der Waals surface area contributed by atoms with Gasteiger partial charge in [-0.2, -0.15) is 0 Å². The van der Waals surface area contributed by atoms with Crippen molar-refractivity contribution in [1.82, 2.24) is 4.90 Å². The molecular weight excluding hydrogens is 372 g/mol. The summed E-state index contributed by atoms with van der Waals surface area (Å²) in [5.41, 5.74) is 4.43. The van der Waals surface area contributed by atoms with E-state index in [1.807, 2.05) is 6.07 Å². The van der Waals surface area contributed by atoms with Crippen LogP contribution < -0.4 is 0 Å². The zero-order valence-corrected chi connectivity index (χ0v) is 17.4. The topological polar surface area (TPSA) is 62.1 Å². The molecule has 150 valence electrons. The third kappa shape index (κ3) is 5.00. The molecule has 3 rings (SSSR count). The van der Waals surface area contributed by atoms with E-state index in [0.29, 0.717) is 19.7 Å². The van der Waals surface area contributed by atoms with Gasteiger partial charge >= 0.3 is 5.97 Å². The molecule has 1 atom stereocenters. The van der Waals surface area contributed by atoms with Crippen molar-refractivity contribution in [2.75, 3.05) is 26.2 Å². The van der Waals surface area contributed by atoms with E-state index in [9.17, 15) is 9.90 Å². The third-order valence-electron chi connectivity index (χ3n) is 5.24. The Morgan fingerprint density at radius 1 is 1.36 bits per heavy atom. The van der Waals surface area contributed by atoms with E-state index in [2.05, 4.69) is 53.5 Å². The molecule has 1 aromatic heterocycles. The first-order valence-electron chi connectivity index (χ1n) is 9.88. The van der Waals surface area contributed by atoms with Gasteiger partial charge in [0, 0.05) is 18.7 Å². The Morgan fingerprint density at radius 2 is 2.18 bits per heavy atom. The molecule has 0 saturated carbocycles. The number of rotatable bonds is 8. The van der Waals surface area contributed by atoms with Crippen molar-refractivity contribution in [1.29, 1.82) is 0 Å². The molecule has 5 nitrogen and oxygen atoms in total. The minimum atomic E-state index is -0.699. The van der Waals surface area contributed by atoms with Gasteiger partial charge in [0.15, 0.2) is 0 Å². The summed E-state index contributed by atoms with van der Waals surface area (Å²) >= 11 is 1.67. The van der Waals surface area contributed by atoms with Crippen LogP contribution in [0, 0.1) is 12.8 Å². The number of piperidine rings is 1. The Morgan fingerprint density at radius 3 is 2.89 bits per heavy atom. The molecule has 2 aromatic rings. The monoisotopic (exact) mass is 400 g/mol. The fourth-order valence-electron chi connectivity index (χ4n) is 3.63. The average Bonchev–Trinajstić information content (AvgIpc) is 3.14. The van der Waals surface area contributed by atoms with Gasteiger partial charge in [-0.15, -0.1) is 11.3 Å². The molecule has 1 unspecified atom stereocenters. The highest BCUT2D eigenvalue weighted by molar-refractivity contribution is 7.12. The van der Waals surface area contributed by atoms with Gasteiger partial charge in [0.1, 0.15) is 12.3 Å². The molecule has 1 aliphatic heterocycles. The lowest BCUT2D eigenvalue weighted by molar-refractivity contribution is -0.143. The van der Waals surface area contributed by atoms with Crippen molar-refractivity contribution in [3.05, 3.63) is 57.3 Å². The third-order valence-corrected chi connectivity index (χ3v) is 6.26. The summed E-state index contributed by atoms with van der Waals surface area (Å²) in [4.78, 5) is 20.2. The highest BCUT2D eigenvalue weighted by Crippen LogP contribution is 2.23. The molecule has 2 heterocycles. The smallest absolute Gasteiger partial charge is 0.307 e. The number of carboxylic acids is 1. The Kier molecular flexibility index (Phi) is 7.23. The second-order valence-electron chi connectivity index (χ2n) is 7.19. The number of hydrogen-bond acceptors (Lipinski definition) is 5. The van der Waals surface area contributed by atoms with Gasteiger partial charge in [0.25, 0.3) is 0 Å². The van der Waals surface area contributed by atoms with Crippen molar-refractivity contribution in [3.63, 3.8) is 0 Å². The van der Waals surface area contributed by atoms with Crippen molar-refractivity contribution in [2.24, 2.45) is 11.1 Å². The molecule has 1 aromatic carbocycles. The van der Waals surface area contributed by atoms with Crippen LogP contribution in [0.15, 0.2) is 40.9 Å². The van der Waals surface area contributed by atoms with Crippen LogP contribution in [0.4, 0.5) is 0 Å². The summed E-state index contributed by atoms with van der Waals surface area (Å²) in [5.74, 6) is -0.965. The van der Waals surface area contributed by atoms with E-state index in [1.165, 1.54) is 11.1 Å². The average molecular weight is 401 g/mol. The highest BCUT2D eigenvalue weighted by atomic mass is 32.1. The number of hydrogen-bond donors (Lipinski definition) is 1. The van der Waals surface area contributed by atoms with Crippen LogP contribution in [0.3, 0.4) is 0 Å². The fraction of sp³-hybridized carbons (Fsp3) is 0.455. The van der Waals surface area contributed by atoms with Crippen LogP contribution in [-0.4, -0.2) is 47.9 Å². The van der Waals surface area contributed by atoms with Gasteiger partial charge in [-0.3, -0.25) is 9.69 Å². The number of carbonyl (C=O) groups is 1. The zero-order valence-electron chi connectivity index (χ0n) is 16.6. The lowest BCUT2D eigenvalue weighted by Gasteiger charge is -2.29. The van der Waals surface area contributed by atoms with E-state index >= 15 is 0 Å². The van der Waals surface area contributed by atoms with E-state index < -0.39 is 5.97 Å². The standard InChI is InChI=1S/C22H28N2O3S/c1-3-17-7-4-5-9-19(17)20(21-16(2)10-14-28-21)23-27-13-12-24-11-6-8-18(15-24)22(25)26/h4-5,7,9-10,14,18H,3,6,8,11-13,15H2,1-2H3,(H,25,26). The van der Waals surface area contributed by atoms with E-state index in [0.717, 1.165) is 42.0 Å². The second-order valence-corrected chi connectivity index (χ2v) is 8.11. The van der Waals surface area contributed by atoms with Crippen LogP contribution in [0.1, 0.15) is 41.3 Å². The summed E-state index contributed by atoms with van der Waals surface area (Å²) in [6.07, 6.45) is 2.62. The minimum absolute atomic E-state index is 0.266. The largest absolute Gasteiger partial charge is 0.481 e. The van der Waals surface area contributed by atoms with Crippen LogP contribution >= 0.6 is 11.3 Å². The summed E-state index contributed by atoms with van der Waals surface area (Å²) in [5, 5.41) is 15.8. The maximum Gasteiger partial charge on any atom is 0.307 e. The fourth-order valence-corrected chi connectivity index (χ4v) is 4.55. The molecule has 0 aliphatic carbocycles. The zero-order chi connectivity index (χ0) is 19.9. The Balaban J connectivity index is 1.70. The number of aliphatic carboxylic acids is 1. The van der Waals surface area contributed by atoms with Gasteiger partial charge in [0.2, 0.25) is 0 Å². The molecular formula is C22H28N2O3S. The number of thiophene rings is 1. The maximum absolute atomic E-state index is 11.2. The van der Waals surface area contributed by atoms with Gasteiger partial charge < -0.3 is 9.94 Å². The van der Waals surface area contributed by atoms with E-state index in [1.54, 1.807) is 11.3 Å². The first-order valence-corrected chi connectivity index (χ1v) is 10.8. The normalized spacial score (nSPS) is 18.2. The molecule has 28 heavy (non-hydrogen) atoms. The van der Waals surface area contributed by atoms with Crippen LogP contribution in [0.2, 0.25) is 0 Å². The summed E-state index contributed by atoms with van der Waals surface area (Å²) < 4.78 is 0. The molecule has 0 amide bonds. The first kappa shape index (κ1) is 20.6. The number of nitrogens with zero attached hydrogens (tertiary/aromatic N) is 2. The second kappa shape index (κ2) is 9.85. The van der Waals surface area contributed by atoms with Crippen molar-refractivity contribution >= 4 is 23.0 Å². The molecule has 1 aliphatic rings.